The maximum Gasteiger partial charge on any atom is 0.237 e. The van der Waals surface area contributed by atoms with Gasteiger partial charge in [0, 0.05) is 13.1 Å². The summed E-state index contributed by atoms with van der Waals surface area (Å²) in [5, 5.41) is 10.6. The molecule has 1 aromatic heterocycles. The van der Waals surface area contributed by atoms with Gasteiger partial charge in [0.1, 0.15) is 0 Å². The Hall–Kier alpha value is -0.870. The first-order chi connectivity index (χ1) is 7.77. The highest BCUT2D eigenvalue weighted by atomic mass is 32.1. The molecule has 1 fully saturated rings. The molecule has 1 unspecified atom stereocenters. The van der Waals surface area contributed by atoms with E-state index >= 15 is 0 Å². The lowest BCUT2D eigenvalue weighted by atomic mass is 10.1. The van der Waals surface area contributed by atoms with E-state index in [0.29, 0.717) is 0 Å². The van der Waals surface area contributed by atoms with Crippen molar-refractivity contribution in [3.63, 3.8) is 0 Å². The molecular weight excluding hydrogens is 220 g/mol. The second-order valence-electron chi connectivity index (χ2n) is 4.30. The summed E-state index contributed by atoms with van der Waals surface area (Å²) in [6, 6.07) is -0.0122. The van der Waals surface area contributed by atoms with Gasteiger partial charge >= 0.3 is 0 Å². The average Bonchev–Trinajstić information content (AvgIpc) is 2.56. The minimum atomic E-state index is -0.0122. The maximum atomic E-state index is 11.7. The van der Waals surface area contributed by atoms with Gasteiger partial charge in [0.2, 0.25) is 5.91 Å². The molecule has 0 spiro atoms. The van der Waals surface area contributed by atoms with Crippen LogP contribution < -0.4 is 10.6 Å². The van der Waals surface area contributed by atoms with Gasteiger partial charge in [-0.1, -0.05) is 0 Å². The summed E-state index contributed by atoms with van der Waals surface area (Å²) in [6.45, 7) is 3.74. The van der Waals surface area contributed by atoms with Crippen molar-refractivity contribution >= 4 is 17.2 Å². The van der Waals surface area contributed by atoms with Gasteiger partial charge in [0.15, 0.2) is 0 Å². The first-order valence-corrected chi connectivity index (χ1v) is 6.74. The highest BCUT2D eigenvalue weighted by Crippen LogP contribution is 2.14. The molecule has 2 N–H and O–H groups in total. The van der Waals surface area contributed by atoms with Crippen LogP contribution in [-0.4, -0.2) is 18.5 Å². The fourth-order valence-corrected chi connectivity index (χ4v) is 2.79. The molecule has 1 aromatic rings. The van der Waals surface area contributed by atoms with Crippen LogP contribution in [-0.2, 0) is 11.3 Å². The number of hydrogen-bond acceptors (Lipinski definition) is 3. The number of hydrogen-bond donors (Lipinski definition) is 2. The van der Waals surface area contributed by atoms with Gasteiger partial charge in [-0.25, -0.2) is 0 Å². The van der Waals surface area contributed by atoms with E-state index in [1.807, 2.05) is 0 Å². The number of carbonyl (C=O) groups is 1. The topological polar surface area (TPSA) is 41.1 Å². The third-order valence-electron chi connectivity index (χ3n) is 3.04. The lowest BCUT2D eigenvalue weighted by Gasteiger charge is -2.14. The molecule has 0 saturated carbocycles. The molecule has 88 valence electrons. The molecule has 2 rings (SSSR count). The Labute approximate surface area is 100 Å². The Morgan fingerprint density at radius 1 is 1.50 bits per heavy atom. The Kier molecular flexibility index (Phi) is 3.96. The van der Waals surface area contributed by atoms with Gasteiger partial charge in [0.25, 0.3) is 0 Å². The Morgan fingerprint density at radius 2 is 2.38 bits per heavy atom. The zero-order valence-electron chi connectivity index (χ0n) is 9.58. The number of amides is 1. The van der Waals surface area contributed by atoms with Crippen LogP contribution in [0.25, 0.3) is 0 Å². The van der Waals surface area contributed by atoms with Crippen molar-refractivity contribution in [2.24, 2.45) is 0 Å². The van der Waals surface area contributed by atoms with E-state index in [1.165, 1.54) is 11.1 Å². The van der Waals surface area contributed by atoms with Crippen molar-refractivity contribution in [2.45, 2.75) is 38.8 Å². The van der Waals surface area contributed by atoms with E-state index in [4.69, 9.17) is 0 Å². The highest BCUT2D eigenvalue weighted by molar-refractivity contribution is 7.08. The zero-order valence-corrected chi connectivity index (χ0v) is 10.4. The molecule has 1 atom stereocenters. The fraction of sp³-hybridized carbons (Fsp3) is 0.583. The quantitative estimate of drug-likeness (QED) is 0.843. The number of carbonyl (C=O) groups excluding carboxylic acids is 1. The molecule has 0 aromatic carbocycles. The summed E-state index contributed by atoms with van der Waals surface area (Å²) in [5.41, 5.74) is 2.62. The van der Waals surface area contributed by atoms with Gasteiger partial charge in [-0.2, -0.15) is 11.3 Å². The average molecular weight is 238 g/mol. The number of thiophene rings is 1. The van der Waals surface area contributed by atoms with Crippen LogP contribution in [0.5, 0.6) is 0 Å². The molecule has 0 aliphatic carbocycles. The van der Waals surface area contributed by atoms with Crippen LogP contribution >= 0.6 is 11.3 Å². The van der Waals surface area contributed by atoms with Crippen molar-refractivity contribution in [2.75, 3.05) is 6.54 Å². The van der Waals surface area contributed by atoms with Gasteiger partial charge < -0.3 is 10.6 Å². The first-order valence-electron chi connectivity index (χ1n) is 5.80. The van der Waals surface area contributed by atoms with Crippen LogP contribution in [0.15, 0.2) is 10.8 Å². The Bertz CT molecular complexity index is 362. The van der Waals surface area contributed by atoms with Crippen LogP contribution in [0.2, 0.25) is 0 Å². The molecule has 3 nitrogen and oxygen atoms in total. The van der Waals surface area contributed by atoms with Gasteiger partial charge in [-0.05, 0) is 48.1 Å². The second-order valence-corrected chi connectivity index (χ2v) is 5.04. The van der Waals surface area contributed by atoms with E-state index < -0.39 is 0 Å². The minimum absolute atomic E-state index is 0.0122. The monoisotopic (exact) mass is 238 g/mol. The van der Waals surface area contributed by atoms with E-state index in [-0.39, 0.29) is 11.9 Å². The third kappa shape index (κ3) is 2.83. The molecule has 2 heterocycles. The molecule has 1 amide bonds. The van der Waals surface area contributed by atoms with Gasteiger partial charge in [0.05, 0.1) is 6.04 Å². The predicted octanol–water partition coefficient (Wildman–Crippen LogP) is 1.81. The standard InChI is InChI=1S/C12H18N2OS/c1-9-7-16-8-10(9)6-14-11-4-2-3-5-13-12(11)15/h7-8,11,14H,2-6H2,1H3,(H,13,15). The molecule has 1 aliphatic heterocycles. The molecule has 4 heteroatoms. The minimum Gasteiger partial charge on any atom is -0.355 e. The largest absolute Gasteiger partial charge is 0.355 e. The summed E-state index contributed by atoms with van der Waals surface area (Å²) < 4.78 is 0. The lowest BCUT2D eigenvalue weighted by molar-refractivity contribution is -0.122. The summed E-state index contributed by atoms with van der Waals surface area (Å²) in [7, 11) is 0. The molecular formula is C12H18N2OS. The van der Waals surface area contributed by atoms with Crippen molar-refractivity contribution in [3.05, 3.63) is 21.9 Å². The fourth-order valence-electron chi connectivity index (χ4n) is 1.94. The predicted molar refractivity (Wildman–Crippen MR) is 66.5 cm³/mol. The maximum absolute atomic E-state index is 11.7. The van der Waals surface area contributed by atoms with Gasteiger partial charge in [-0.3, -0.25) is 4.79 Å². The Morgan fingerprint density at radius 3 is 3.12 bits per heavy atom. The summed E-state index contributed by atoms with van der Waals surface area (Å²) in [5.74, 6) is 0.158. The number of nitrogens with one attached hydrogen (secondary N) is 2. The number of aryl methyl sites for hydroxylation is 1. The van der Waals surface area contributed by atoms with Crippen molar-refractivity contribution in [3.8, 4) is 0 Å². The van der Waals surface area contributed by atoms with Crippen LogP contribution in [0.4, 0.5) is 0 Å². The summed E-state index contributed by atoms with van der Waals surface area (Å²) in [4.78, 5) is 11.7. The lowest BCUT2D eigenvalue weighted by Crippen LogP contribution is -2.42. The molecule has 1 saturated heterocycles. The van der Waals surface area contributed by atoms with E-state index in [0.717, 1.165) is 32.4 Å². The van der Waals surface area contributed by atoms with Crippen molar-refractivity contribution < 1.29 is 4.79 Å². The van der Waals surface area contributed by atoms with Gasteiger partial charge in [-0.15, -0.1) is 0 Å². The van der Waals surface area contributed by atoms with Crippen LogP contribution in [0.1, 0.15) is 30.4 Å². The van der Waals surface area contributed by atoms with Crippen molar-refractivity contribution in [1.82, 2.24) is 10.6 Å². The Balaban J connectivity index is 1.89. The van der Waals surface area contributed by atoms with Crippen LogP contribution in [0.3, 0.4) is 0 Å². The van der Waals surface area contributed by atoms with Crippen LogP contribution in [0, 0.1) is 6.92 Å². The third-order valence-corrected chi connectivity index (χ3v) is 3.95. The summed E-state index contributed by atoms with van der Waals surface area (Å²) >= 11 is 1.72. The summed E-state index contributed by atoms with van der Waals surface area (Å²) in [6.07, 6.45) is 3.18. The SMILES string of the molecule is Cc1cscc1CNC1CCCCNC1=O. The smallest absolute Gasteiger partial charge is 0.237 e. The van der Waals surface area contributed by atoms with E-state index in [2.05, 4.69) is 28.3 Å². The molecule has 1 aliphatic rings. The van der Waals surface area contributed by atoms with Crippen molar-refractivity contribution in [1.29, 1.82) is 0 Å². The number of rotatable bonds is 3. The zero-order chi connectivity index (χ0) is 11.4. The second kappa shape index (κ2) is 5.46. The van der Waals surface area contributed by atoms with E-state index in [1.54, 1.807) is 11.3 Å². The first kappa shape index (κ1) is 11.6. The molecule has 0 bridgehead atoms. The molecule has 16 heavy (non-hydrogen) atoms. The highest BCUT2D eigenvalue weighted by Gasteiger charge is 2.19. The van der Waals surface area contributed by atoms with E-state index in [9.17, 15) is 4.79 Å². The molecule has 0 radical (unpaired) electrons. The normalized spacial score (nSPS) is 21.6.